The van der Waals surface area contributed by atoms with Gasteiger partial charge in [-0.25, -0.2) is 0 Å². The molecule has 0 N–H and O–H groups in total. The third-order valence-corrected chi connectivity index (χ3v) is 3.52. The molecule has 0 atom stereocenters. The van der Waals surface area contributed by atoms with Gasteiger partial charge in [-0.3, -0.25) is 4.90 Å². The molecule has 0 aromatic heterocycles. The summed E-state index contributed by atoms with van der Waals surface area (Å²) in [5.41, 5.74) is 1.37. The summed E-state index contributed by atoms with van der Waals surface area (Å²) >= 11 is 0. The van der Waals surface area contributed by atoms with Crippen LogP contribution in [0.3, 0.4) is 0 Å². The van der Waals surface area contributed by atoms with Gasteiger partial charge in [-0.1, -0.05) is 30.3 Å². The van der Waals surface area contributed by atoms with Crippen molar-refractivity contribution < 1.29 is 0 Å². The van der Waals surface area contributed by atoms with E-state index in [2.05, 4.69) is 86.6 Å². The number of nitrogens with zero attached hydrogens (tertiary/aromatic N) is 1. The predicted octanol–water partition coefficient (Wildman–Crippen LogP) is 3.30. The second kappa shape index (κ2) is 7.26. The summed E-state index contributed by atoms with van der Waals surface area (Å²) in [7, 11) is 0. The van der Waals surface area contributed by atoms with Gasteiger partial charge in [0.15, 0.2) is 0 Å². The van der Waals surface area contributed by atoms with E-state index in [0.29, 0.717) is 0 Å². The first-order valence-corrected chi connectivity index (χ1v) is 7.07. The Balaban J connectivity index is 1.58. The van der Waals surface area contributed by atoms with E-state index in [1.807, 2.05) is 0 Å². The summed E-state index contributed by atoms with van der Waals surface area (Å²) in [6.07, 6.45) is 17.2. The SMILES string of the molecule is [CH]1[CH][CH][C](CN(C[C]2[CH][CH][CH][CH]2)Cc2ccccc2)[CH]1. The molecule has 100 valence electrons. The van der Waals surface area contributed by atoms with Crippen molar-refractivity contribution in [3.63, 3.8) is 0 Å². The molecule has 0 unspecified atom stereocenters. The van der Waals surface area contributed by atoms with E-state index < -0.39 is 0 Å². The highest BCUT2D eigenvalue weighted by Crippen LogP contribution is 2.28. The van der Waals surface area contributed by atoms with Crippen molar-refractivity contribution in [1.82, 2.24) is 4.90 Å². The summed E-state index contributed by atoms with van der Waals surface area (Å²) in [6.45, 7) is 2.97. The van der Waals surface area contributed by atoms with Crippen molar-refractivity contribution in [3.05, 3.63) is 99.1 Å². The average Bonchev–Trinajstić information content (AvgIpc) is 3.13. The zero-order valence-corrected chi connectivity index (χ0v) is 11.6. The molecule has 1 aromatic rings. The van der Waals surface area contributed by atoms with E-state index in [-0.39, 0.29) is 0 Å². The lowest BCUT2D eigenvalue weighted by Gasteiger charge is -2.27. The third-order valence-electron chi connectivity index (χ3n) is 3.52. The smallest absolute Gasteiger partial charge is 0.0234 e. The molecule has 0 bridgehead atoms. The fourth-order valence-corrected chi connectivity index (χ4v) is 2.56. The molecule has 2 aliphatic carbocycles. The van der Waals surface area contributed by atoms with Crippen molar-refractivity contribution >= 4 is 0 Å². The maximum Gasteiger partial charge on any atom is 0.0234 e. The van der Waals surface area contributed by atoms with Gasteiger partial charge >= 0.3 is 0 Å². The van der Waals surface area contributed by atoms with E-state index in [4.69, 9.17) is 0 Å². The van der Waals surface area contributed by atoms with Gasteiger partial charge in [0.05, 0.1) is 0 Å². The van der Waals surface area contributed by atoms with Crippen LogP contribution in [0.2, 0.25) is 0 Å². The summed E-state index contributed by atoms with van der Waals surface area (Å²) in [5, 5.41) is 0. The molecule has 1 heteroatoms. The van der Waals surface area contributed by atoms with Crippen LogP contribution >= 0.6 is 0 Å². The molecule has 2 aliphatic rings. The van der Waals surface area contributed by atoms with Gasteiger partial charge < -0.3 is 0 Å². The van der Waals surface area contributed by atoms with E-state index in [1.54, 1.807) is 0 Å². The van der Waals surface area contributed by atoms with Crippen LogP contribution in [0.5, 0.6) is 0 Å². The molecule has 1 aromatic carbocycles. The molecule has 2 saturated carbocycles. The molecular weight excluding hydrogens is 242 g/mol. The molecule has 2 fully saturated rings. The lowest BCUT2D eigenvalue weighted by atomic mass is 10.0. The predicted molar refractivity (Wildman–Crippen MR) is 82.6 cm³/mol. The standard InChI is InChI=1S/C19H19N/c1-2-8-17(9-3-1)14-20(15-18-10-4-5-11-18)16-19-12-6-7-13-19/h1-13H,14-16H2. The van der Waals surface area contributed by atoms with Gasteiger partial charge in [-0.05, 0) is 68.8 Å². The summed E-state index contributed by atoms with van der Waals surface area (Å²) in [6, 6.07) is 10.7. The van der Waals surface area contributed by atoms with Gasteiger partial charge in [-0.15, -0.1) is 0 Å². The van der Waals surface area contributed by atoms with Crippen molar-refractivity contribution in [1.29, 1.82) is 0 Å². The van der Waals surface area contributed by atoms with Gasteiger partial charge in [-0.2, -0.15) is 0 Å². The molecule has 0 saturated heterocycles. The maximum absolute atomic E-state index is 2.49. The second-order valence-electron chi connectivity index (χ2n) is 5.22. The minimum Gasteiger partial charge on any atom is -0.298 e. The molecule has 0 aliphatic heterocycles. The van der Waals surface area contributed by atoms with E-state index >= 15 is 0 Å². The van der Waals surface area contributed by atoms with E-state index in [9.17, 15) is 0 Å². The second-order valence-corrected chi connectivity index (χ2v) is 5.22. The van der Waals surface area contributed by atoms with Gasteiger partial charge in [0, 0.05) is 19.6 Å². The van der Waals surface area contributed by atoms with E-state index in [0.717, 1.165) is 19.6 Å². The molecule has 0 heterocycles. The first-order chi connectivity index (χ1) is 9.90. The van der Waals surface area contributed by atoms with Crippen molar-refractivity contribution in [2.75, 3.05) is 13.1 Å². The normalized spacial score (nSPS) is 21.1. The number of hydrogen-bond donors (Lipinski definition) is 0. The Morgan fingerprint density at radius 3 is 1.60 bits per heavy atom. The van der Waals surface area contributed by atoms with Crippen molar-refractivity contribution in [3.8, 4) is 0 Å². The Morgan fingerprint density at radius 2 is 1.10 bits per heavy atom. The van der Waals surface area contributed by atoms with Crippen LogP contribution in [0.15, 0.2) is 30.3 Å². The Kier molecular flexibility index (Phi) is 5.13. The number of hydrogen-bond acceptors (Lipinski definition) is 1. The van der Waals surface area contributed by atoms with Crippen LogP contribution in [-0.4, -0.2) is 18.0 Å². The number of benzene rings is 1. The molecular formula is C19H19N. The number of rotatable bonds is 6. The minimum atomic E-state index is 0.983. The van der Waals surface area contributed by atoms with Crippen LogP contribution in [0.25, 0.3) is 0 Å². The van der Waals surface area contributed by atoms with Gasteiger partial charge in [0.2, 0.25) is 0 Å². The first kappa shape index (κ1) is 14.1. The lowest BCUT2D eigenvalue weighted by Crippen LogP contribution is -2.31. The summed E-state index contributed by atoms with van der Waals surface area (Å²) < 4.78 is 0. The maximum atomic E-state index is 2.49. The molecule has 3 rings (SSSR count). The molecule has 20 heavy (non-hydrogen) atoms. The molecule has 0 spiro atoms. The van der Waals surface area contributed by atoms with Crippen molar-refractivity contribution in [2.24, 2.45) is 0 Å². The Hall–Kier alpha value is -0.820. The quantitative estimate of drug-likeness (QED) is 0.759. The fraction of sp³-hybridized carbons (Fsp3) is 0.158. The van der Waals surface area contributed by atoms with Gasteiger partial charge in [0.1, 0.15) is 0 Å². The Morgan fingerprint density at radius 1 is 0.600 bits per heavy atom. The highest BCUT2D eigenvalue weighted by molar-refractivity contribution is 5.38. The molecule has 0 amide bonds. The van der Waals surface area contributed by atoms with Crippen LogP contribution in [0.1, 0.15) is 5.56 Å². The molecule has 1 nitrogen and oxygen atoms in total. The third kappa shape index (κ3) is 4.09. The summed E-state index contributed by atoms with van der Waals surface area (Å²) in [4.78, 5) is 2.49. The highest BCUT2D eigenvalue weighted by atomic mass is 15.1. The zero-order valence-electron chi connectivity index (χ0n) is 11.6. The topological polar surface area (TPSA) is 3.24 Å². The molecule has 10 radical (unpaired) electrons. The lowest BCUT2D eigenvalue weighted by molar-refractivity contribution is 0.296. The average molecular weight is 261 g/mol. The van der Waals surface area contributed by atoms with Crippen LogP contribution in [0, 0.1) is 63.2 Å². The highest BCUT2D eigenvalue weighted by Gasteiger charge is 2.24. The summed E-state index contributed by atoms with van der Waals surface area (Å²) in [5.74, 6) is 2.76. The van der Waals surface area contributed by atoms with Crippen LogP contribution in [0.4, 0.5) is 0 Å². The minimum absolute atomic E-state index is 0.983. The van der Waals surface area contributed by atoms with E-state index in [1.165, 1.54) is 17.4 Å². The Bertz CT molecular complexity index is 356. The monoisotopic (exact) mass is 261 g/mol. The largest absolute Gasteiger partial charge is 0.298 e. The fourth-order valence-electron chi connectivity index (χ4n) is 2.56. The van der Waals surface area contributed by atoms with Crippen LogP contribution < -0.4 is 0 Å². The van der Waals surface area contributed by atoms with Crippen molar-refractivity contribution in [2.45, 2.75) is 6.54 Å². The Labute approximate surface area is 124 Å². The van der Waals surface area contributed by atoms with Gasteiger partial charge in [0.25, 0.3) is 0 Å². The zero-order chi connectivity index (χ0) is 13.6. The van der Waals surface area contributed by atoms with Crippen LogP contribution in [-0.2, 0) is 6.54 Å². The first-order valence-electron chi connectivity index (χ1n) is 7.07.